The molecule has 0 saturated heterocycles. The van der Waals surface area contributed by atoms with Gasteiger partial charge in [-0.25, -0.2) is 0 Å². The van der Waals surface area contributed by atoms with Gasteiger partial charge < -0.3 is 10.1 Å². The van der Waals surface area contributed by atoms with E-state index in [-0.39, 0.29) is 0 Å². The van der Waals surface area contributed by atoms with Crippen molar-refractivity contribution in [2.45, 2.75) is 13.0 Å². The van der Waals surface area contributed by atoms with E-state index in [1.807, 2.05) is 0 Å². The van der Waals surface area contributed by atoms with Crippen LogP contribution >= 0.6 is 0 Å². The molecule has 90 valence electrons. The molecule has 1 unspecified atom stereocenters. The van der Waals surface area contributed by atoms with Gasteiger partial charge in [0.05, 0.1) is 6.61 Å². The molecule has 0 aromatic heterocycles. The Kier molecular flexibility index (Phi) is 4.13. The summed E-state index contributed by atoms with van der Waals surface area (Å²) in [6.07, 6.45) is 0. The lowest BCUT2D eigenvalue weighted by Gasteiger charge is -2.16. The van der Waals surface area contributed by atoms with Crippen LogP contribution in [0.15, 0.2) is 42.5 Å². The minimum Gasteiger partial charge on any atom is -0.383 e. The Morgan fingerprint density at radius 1 is 1.12 bits per heavy atom. The van der Waals surface area contributed by atoms with E-state index in [4.69, 9.17) is 4.74 Å². The van der Waals surface area contributed by atoms with Gasteiger partial charge in [-0.2, -0.15) is 0 Å². The van der Waals surface area contributed by atoms with E-state index < -0.39 is 0 Å². The highest BCUT2D eigenvalue weighted by molar-refractivity contribution is 5.86. The molecule has 0 aliphatic rings. The average Bonchev–Trinajstić information content (AvgIpc) is 2.38. The highest BCUT2D eigenvalue weighted by Crippen LogP contribution is 2.23. The Morgan fingerprint density at radius 3 is 2.71 bits per heavy atom. The summed E-state index contributed by atoms with van der Waals surface area (Å²) >= 11 is 0. The zero-order chi connectivity index (χ0) is 12.1. The van der Waals surface area contributed by atoms with Gasteiger partial charge in [-0.1, -0.05) is 42.5 Å². The standard InChI is InChI=1S/C15H19NO/c1-12(16-10-11-17-2)14-9-5-7-13-6-3-4-8-15(13)14/h3-9,12,16H,10-11H2,1-2H3. The minimum absolute atomic E-state index is 0.344. The van der Waals surface area contributed by atoms with Crippen molar-refractivity contribution in [2.24, 2.45) is 0 Å². The third kappa shape index (κ3) is 2.84. The van der Waals surface area contributed by atoms with E-state index in [1.165, 1.54) is 16.3 Å². The van der Waals surface area contributed by atoms with Gasteiger partial charge in [0.2, 0.25) is 0 Å². The first-order valence-electron chi connectivity index (χ1n) is 6.03. The second-order valence-corrected chi connectivity index (χ2v) is 4.24. The lowest BCUT2D eigenvalue weighted by molar-refractivity contribution is 0.196. The Bertz CT molecular complexity index is 476. The fourth-order valence-corrected chi connectivity index (χ4v) is 2.12. The number of nitrogens with one attached hydrogen (secondary N) is 1. The Balaban J connectivity index is 2.22. The van der Waals surface area contributed by atoms with Crippen molar-refractivity contribution in [3.05, 3.63) is 48.0 Å². The molecule has 2 aromatic carbocycles. The summed E-state index contributed by atoms with van der Waals surface area (Å²) in [7, 11) is 1.73. The van der Waals surface area contributed by atoms with Crippen molar-refractivity contribution in [1.82, 2.24) is 5.32 Å². The fourth-order valence-electron chi connectivity index (χ4n) is 2.12. The molecule has 0 heterocycles. The lowest BCUT2D eigenvalue weighted by Crippen LogP contribution is -2.22. The zero-order valence-electron chi connectivity index (χ0n) is 10.4. The van der Waals surface area contributed by atoms with Gasteiger partial charge >= 0.3 is 0 Å². The first-order valence-corrected chi connectivity index (χ1v) is 6.03. The summed E-state index contributed by atoms with van der Waals surface area (Å²) < 4.78 is 5.05. The van der Waals surface area contributed by atoms with Gasteiger partial charge in [-0.3, -0.25) is 0 Å². The normalized spacial score (nSPS) is 12.8. The quantitative estimate of drug-likeness (QED) is 0.795. The van der Waals surface area contributed by atoms with Crippen LogP contribution in [-0.2, 0) is 4.74 Å². The van der Waals surface area contributed by atoms with Gasteiger partial charge in [0.15, 0.2) is 0 Å². The molecule has 0 aliphatic heterocycles. The molecule has 0 bridgehead atoms. The largest absolute Gasteiger partial charge is 0.383 e. The van der Waals surface area contributed by atoms with Crippen LogP contribution in [-0.4, -0.2) is 20.3 Å². The first kappa shape index (κ1) is 12.1. The molecule has 0 saturated carbocycles. The molecule has 2 heteroatoms. The maximum Gasteiger partial charge on any atom is 0.0587 e. The summed E-state index contributed by atoms with van der Waals surface area (Å²) in [5.41, 5.74) is 1.35. The van der Waals surface area contributed by atoms with Crippen LogP contribution < -0.4 is 5.32 Å². The second-order valence-electron chi connectivity index (χ2n) is 4.24. The number of rotatable bonds is 5. The van der Waals surface area contributed by atoms with Crippen LogP contribution in [0.5, 0.6) is 0 Å². The van der Waals surface area contributed by atoms with Gasteiger partial charge in [-0.05, 0) is 23.3 Å². The average molecular weight is 229 g/mol. The monoisotopic (exact) mass is 229 g/mol. The van der Waals surface area contributed by atoms with Crippen LogP contribution in [0.25, 0.3) is 10.8 Å². The number of fused-ring (bicyclic) bond motifs is 1. The molecule has 2 aromatic rings. The summed E-state index contributed by atoms with van der Waals surface area (Å²) in [5.74, 6) is 0. The Hall–Kier alpha value is -1.38. The third-order valence-electron chi connectivity index (χ3n) is 3.05. The van der Waals surface area contributed by atoms with Crippen LogP contribution in [0, 0.1) is 0 Å². The molecule has 1 atom stereocenters. The molecule has 0 amide bonds. The van der Waals surface area contributed by atoms with E-state index >= 15 is 0 Å². The topological polar surface area (TPSA) is 21.3 Å². The predicted molar refractivity (Wildman–Crippen MR) is 72.2 cm³/mol. The predicted octanol–water partition coefficient (Wildman–Crippen LogP) is 3.14. The summed E-state index contributed by atoms with van der Waals surface area (Å²) in [5, 5.41) is 6.09. The number of benzene rings is 2. The highest BCUT2D eigenvalue weighted by Gasteiger charge is 2.07. The van der Waals surface area contributed by atoms with Gasteiger partial charge in [0.1, 0.15) is 0 Å². The molecular weight excluding hydrogens is 210 g/mol. The molecule has 2 nitrogen and oxygen atoms in total. The van der Waals surface area contributed by atoms with Crippen LogP contribution in [0.1, 0.15) is 18.5 Å². The van der Waals surface area contributed by atoms with E-state index in [0.29, 0.717) is 6.04 Å². The Morgan fingerprint density at radius 2 is 1.88 bits per heavy atom. The fraction of sp³-hybridized carbons (Fsp3) is 0.333. The first-order chi connectivity index (χ1) is 8.33. The minimum atomic E-state index is 0.344. The third-order valence-corrected chi connectivity index (χ3v) is 3.05. The molecule has 2 rings (SSSR count). The van der Waals surface area contributed by atoms with E-state index in [1.54, 1.807) is 7.11 Å². The van der Waals surface area contributed by atoms with Gasteiger partial charge in [0.25, 0.3) is 0 Å². The van der Waals surface area contributed by atoms with Crippen molar-refractivity contribution in [2.75, 3.05) is 20.3 Å². The van der Waals surface area contributed by atoms with E-state index in [0.717, 1.165) is 13.2 Å². The summed E-state index contributed by atoms with van der Waals surface area (Å²) in [4.78, 5) is 0. The molecule has 0 radical (unpaired) electrons. The number of hydrogen-bond donors (Lipinski definition) is 1. The summed E-state index contributed by atoms with van der Waals surface area (Å²) in [6, 6.07) is 15.3. The molecule has 0 spiro atoms. The number of hydrogen-bond acceptors (Lipinski definition) is 2. The van der Waals surface area contributed by atoms with Gasteiger partial charge in [-0.15, -0.1) is 0 Å². The summed E-state index contributed by atoms with van der Waals surface area (Å²) in [6.45, 7) is 3.81. The molecular formula is C15H19NO. The van der Waals surface area contributed by atoms with Crippen molar-refractivity contribution in [3.63, 3.8) is 0 Å². The van der Waals surface area contributed by atoms with E-state index in [2.05, 4.69) is 54.7 Å². The van der Waals surface area contributed by atoms with Crippen LogP contribution in [0.4, 0.5) is 0 Å². The van der Waals surface area contributed by atoms with Gasteiger partial charge in [0, 0.05) is 19.7 Å². The SMILES string of the molecule is COCCNC(C)c1cccc2ccccc12. The van der Waals surface area contributed by atoms with Crippen LogP contribution in [0.3, 0.4) is 0 Å². The smallest absolute Gasteiger partial charge is 0.0587 e. The Labute approximate surface area is 103 Å². The lowest BCUT2D eigenvalue weighted by atomic mass is 10.00. The van der Waals surface area contributed by atoms with Crippen molar-refractivity contribution in [3.8, 4) is 0 Å². The van der Waals surface area contributed by atoms with Crippen molar-refractivity contribution in [1.29, 1.82) is 0 Å². The second kappa shape index (κ2) is 5.80. The van der Waals surface area contributed by atoms with Crippen molar-refractivity contribution < 1.29 is 4.74 Å². The number of methoxy groups -OCH3 is 1. The molecule has 0 fully saturated rings. The van der Waals surface area contributed by atoms with Crippen LogP contribution in [0.2, 0.25) is 0 Å². The molecule has 17 heavy (non-hydrogen) atoms. The highest BCUT2D eigenvalue weighted by atomic mass is 16.5. The molecule has 1 N–H and O–H groups in total. The maximum absolute atomic E-state index is 5.05. The maximum atomic E-state index is 5.05. The van der Waals surface area contributed by atoms with E-state index in [9.17, 15) is 0 Å². The van der Waals surface area contributed by atoms with Crippen molar-refractivity contribution >= 4 is 10.8 Å². The number of ether oxygens (including phenoxy) is 1. The zero-order valence-corrected chi connectivity index (χ0v) is 10.4. The molecule has 0 aliphatic carbocycles.